The Bertz CT molecular complexity index is 234. The number of thiazole rings is 1. The van der Waals surface area contributed by atoms with Crippen molar-refractivity contribution in [3.8, 4) is 0 Å². The van der Waals surface area contributed by atoms with E-state index in [2.05, 4.69) is 10.3 Å². The fourth-order valence-electron chi connectivity index (χ4n) is 0.551. The van der Waals surface area contributed by atoms with Gasteiger partial charge in [-0.15, -0.1) is 11.3 Å². The number of hydrogen-bond donors (Lipinski definition) is 2. The lowest BCUT2D eigenvalue weighted by atomic mass is 10.3. The van der Waals surface area contributed by atoms with Crippen LogP contribution in [0.15, 0.2) is 11.6 Å². The molecule has 4 nitrogen and oxygen atoms in total. The molecule has 0 aliphatic heterocycles. The normalized spacial score (nSPS) is 12.5. The highest BCUT2D eigenvalue weighted by Gasteiger charge is 2.08. The average Bonchev–Trinajstić information content (AvgIpc) is 2.39. The maximum absolute atomic E-state index is 10.6. The van der Waals surface area contributed by atoms with Crippen molar-refractivity contribution in [2.45, 2.75) is 13.0 Å². The predicted molar refractivity (Wildman–Crippen MR) is 44.4 cm³/mol. The molecular formula is C6H9N3OS. The van der Waals surface area contributed by atoms with E-state index in [4.69, 9.17) is 5.73 Å². The molecule has 1 unspecified atom stereocenters. The molecule has 1 aromatic heterocycles. The monoisotopic (exact) mass is 171 g/mol. The molecule has 1 atom stereocenters. The van der Waals surface area contributed by atoms with Crippen LogP contribution in [-0.4, -0.2) is 16.9 Å². The van der Waals surface area contributed by atoms with Crippen LogP contribution in [0.25, 0.3) is 0 Å². The molecule has 5 heteroatoms. The summed E-state index contributed by atoms with van der Waals surface area (Å²) in [5.74, 6) is -0.375. The van der Waals surface area contributed by atoms with Gasteiger partial charge in [0.05, 0.1) is 0 Å². The van der Waals surface area contributed by atoms with Crippen molar-refractivity contribution in [1.29, 1.82) is 0 Å². The standard InChI is InChI=1S/C6H9N3OS/c1-4(5(7)10)9-6-8-2-3-11-6/h2-4H,1H3,(H2,7,10)(H,8,9). The Morgan fingerprint density at radius 2 is 2.64 bits per heavy atom. The van der Waals surface area contributed by atoms with Crippen molar-refractivity contribution in [2.75, 3.05) is 5.32 Å². The van der Waals surface area contributed by atoms with Crippen LogP contribution in [0.5, 0.6) is 0 Å². The van der Waals surface area contributed by atoms with Crippen LogP contribution in [0.4, 0.5) is 5.13 Å². The van der Waals surface area contributed by atoms with Gasteiger partial charge in [-0.05, 0) is 6.92 Å². The Morgan fingerprint density at radius 1 is 1.91 bits per heavy atom. The molecule has 1 aromatic rings. The third-order valence-corrected chi connectivity index (χ3v) is 1.90. The van der Waals surface area contributed by atoms with E-state index >= 15 is 0 Å². The summed E-state index contributed by atoms with van der Waals surface area (Å²) in [6, 6.07) is -0.360. The molecule has 1 rings (SSSR count). The fourth-order valence-corrected chi connectivity index (χ4v) is 1.17. The topological polar surface area (TPSA) is 68.0 Å². The number of carbonyl (C=O) groups is 1. The number of aromatic nitrogens is 1. The molecule has 11 heavy (non-hydrogen) atoms. The van der Waals surface area contributed by atoms with E-state index in [-0.39, 0.29) is 11.9 Å². The number of rotatable bonds is 3. The zero-order valence-corrected chi connectivity index (χ0v) is 6.89. The van der Waals surface area contributed by atoms with E-state index in [0.29, 0.717) is 0 Å². The third-order valence-electron chi connectivity index (χ3n) is 1.20. The Balaban J connectivity index is 2.50. The van der Waals surface area contributed by atoms with E-state index in [9.17, 15) is 4.79 Å². The van der Waals surface area contributed by atoms with Crippen LogP contribution in [-0.2, 0) is 4.79 Å². The third kappa shape index (κ3) is 2.19. The molecule has 0 aliphatic carbocycles. The van der Waals surface area contributed by atoms with Crippen LogP contribution < -0.4 is 11.1 Å². The van der Waals surface area contributed by atoms with Crippen LogP contribution in [0.1, 0.15) is 6.92 Å². The van der Waals surface area contributed by atoms with Crippen LogP contribution >= 0.6 is 11.3 Å². The second-order valence-corrected chi connectivity index (χ2v) is 3.00. The van der Waals surface area contributed by atoms with E-state index in [0.717, 1.165) is 5.13 Å². The van der Waals surface area contributed by atoms with Crippen molar-refractivity contribution in [1.82, 2.24) is 4.98 Å². The van der Waals surface area contributed by atoms with E-state index in [1.54, 1.807) is 13.1 Å². The average molecular weight is 171 g/mol. The Morgan fingerprint density at radius 3 is 3.09 bits per heavy atom. The molecule has 60 valence electrons. The first-order valence-corrected chi connectivity index (χ1v) is 4.03. The molecule has 0 radical (unpaired) electrons. The number of primary amides is 1. The van der Waals surface area contributed by atoms with Crippen molar-refractivity contribution >= 4 is 22.4 Å². The number of hydrogen-bond acceptors (Lipinski definition) is 4. The minimum absolute atomic E-state index is 0.360. The van der Waals surface area contributed by atoms with Gasteiger partial charge in [0.1, 0.15) is 6.04 Å². The van der Waals surface area contributed by atoms with Crippen molar-refractivity contribution in [2.24, 2.45) is 5.73 Å². The summed E-state index contributed by atoms with van der Waals surface area (Å²) in [5, 5.41) is 5.40. The second kappa shape index (κ2) is 3.34. The molecule has 0 aromatic carbocycles. The number of nitrogens with zero attached hydrogens (tertiary/aromatic N) is 1. The van der Waals surface area contributed by atoms with Gasteiger partial charge in [0.2, 0.25) is 5.91 Å². The fraction of sp³-hybridized carbons (Fsp3) is 0.333. The van der Waals surface area contributed by atoms with Gasteiger partial charge in [-0.2, -0.15) is 0 Å². The number of nitrogens with one attached hydrogen (secondary N) is 1. The lowest BCUT2D eigenvalue weighted by Crippen LogP contribution is -2.32. The highest BCUT2D eigenvalue weighted by molar-refractivity contribution is 7.13. The maximum Gasteiger partial charge on any atom is 0.239 e. The SMILES string of the molecule is CC(Nc1nccs1)C(N)=O. The first-order chi connectivity index (χ1) is 5.20. The minimum Gasteiger partial charge on any atom is -0.368 e. The molecule has 1 heterocycles. The van der Waals surface area contributed by atoms with Crippen molar-refractivity contribution < 1.29 is 4.79 Å². The summed E-state index contributed by atoms with van der Waals surface area (Å²) >= 11 is 1.44. The smallest absolute Gasteiger partial charge is 0.239 e. The van der Waals surface area contributed by atoms with Crippen LogP contribution in [0.3, 0.4) is 0 Å². The van der Waals surface area contributed by atoms with Crippen molar-refractivity contribution in [3.05, 3.63) is 11.6 Å². The molecule has 0 aliphatic rings. The van der Waals surface area contributed by atoms with Gasteiger partial charge in [0.25, 0.3) is 0 Å². The molecule has 0 saturated heterocycles. The van der Waals surface area contributed by atoms with Crippen LogP contribution in [0, 0.1) is 0 Å². The second-order valence-electron chi connectivity index (χ2n) is 2.11. The zero-order chi connectivity index (χ0) is 8.27. The first kappa shape index (κ1) is 8.00. The van der Waals surface area contributed by atoms with E-state index in [1.165, 1.54) is 11.3 Å². The highest BCUT2D eigenvalue weighted by atomic mass is 32.1. The molecule has 0 bridgehead atoms. The molecule has 1 amide bonds. The van der Waals surface area contributed by atoms with Gasteiger partial charge in [0, 0.05) is 11.6 Å². The lowest BCUT2D eigenvalue weighted by molar-refractivity contribution is -0.118. The van der Waals surface area contributed by atoms with Crippen LogP contribution in [0.2, 0.25) is 0 Å². The molecular weight excluding hydrogens is 162 g/mol. The summed E-state index contributed by atoms with van der Waals surface area (Å²) in [6.45, 7) is 1.70. The minimum atomic E-state index is -0.375. The number of carbonyl (C=O) groups excluding carboxylic acids is 1. The zero-order valence-electron chi connectivity index (χ0n) is 6.07. The van der Waals surface area contributed by atoms with Crippen molar-refractivity contribution in [3.63, 3.8) is 0 Å². The highest BCUT2D eigenvalue weighted by Crippen LogP contribution is 2.10. The molecule has 0 saturated carbocycles. The number of nitrogens with two attached hydrogens (primary N) is 1. The Kier molecular flexibility index (Phi) is 2.43. The summed E-state index contributed by atoms with van der Waals surface area (Å²) in [5.41, 5.74) is 5.03. The lowest BCUT2D eigenvalue weighted by Gasteiger charge is -2.06. The summed E-state index contributed by atoms with van der Waals surface area (Å²) < 4.78 is 0. The van der Waals surface area contributed by atoms with Gasteiger partial charge in [-0.1, -0.05) is 0 Å². The summed E-state index contributed by atoms with van der Waals surface area (Å²) in [4.78, 5) is 14.5. The molecule has 3 N–H and O–H groups in total. The van der Waals surface area contributed by atoms with Gasteiger partial charge in [0.15, 0.2) is 5.13 Å². The van der Waals surface area contributed by atoms with E-state index < -0.39 is 0 Å². The number of anilines is 1. The van der Waals surface area contributed by atoms with Gasteiger partial charge >= 0.3 is 0 Å². The summed E-state index contributed by atoms with van der Waals surface area (Å²) in [7, 11) is 0. The van der Waals surface area contributed by atoms with Gasteiger partial charge in [-0.3, -0.25) is 4.79 Å². The maximum atomic E-state index is 10.6. The Labute approximate surface area is 68.4 Å². The first-order valence-electron chi connectivity index (χ1n) is 3.15. The number of amides is 1. The van der Waals surface area contributed by atoms with Gasteiger partial charge in [-0.25, -0.2) is 4.98 Å². The molecule has 0 fully saturated rings. The quantitative estimate of drug-likeness (QED) is 0.693. The van der Waals surface area contributed by atoms with Gasteiger partial charge < -0.3 is 11.1 Å². The predicted octanol–water partition coefficient (Wildman–Crippen LogP) is 0.429. The largest absolute Gasteiger partial charge is 0.368 e. The molecule has 0 spiro atoms. The summed E-state index contributed by atoms with van der Waals surface area (Å²) in [6.07, 6.45) is 1.67. The van der Waals surface area contributed by atoms with E-state index in [1.807, 2.05) is 5.38 Å². The Hall–Kier alpha value is -1.10.